The van der Waals surface area contributed by atoms with E-state index in [-0.39, 0.29) is 18.1 Å². The van der Waals surface area contributed by atoms with Crippen LogP contribution >= 0.6 is 0 Å². The second-order valence-corrected chi connectivity index (χ2v) is 5.03. The third-order valence-corrected chi connectivity index (χ3v) is 3.60. The van der Waals surface area contributed by atoms with Gasteiger partial charge in [0, 0.05) is 19.2 Å². The van der Waals surface area contributed by atoms with Crippen molar-refractivity contribution in [3.8, 4) is 0 Å². The summed E-state index contributed by atoms with van der Waals surface area (Å²) in [6.45, 7) is 3.52. The van der Waals surface area contributed by atoms with Crippen LogP contribution in [-0.2, 0) is 16.5 Å². The number of hydrogen-bond acceptors (Lipinski definition) is 5. The molecule has 0 unspecified atom stereocenters. The van der Waals surface area contributed by atoms with E-state index in [2.05, 4.69) is 15.6 Å². The molecule has 7 heteroatoms. The Morgan fingerprint density at radius 3 is 3.19 bits per heavy atom. The Morgan fingerprint density at radius 2 is 2.38 bits per heavy atom. The number of carbonyl (C=O) groups excluding carboxylic acids is 1. The van der Waals surface area contributed by atoms with Gasteiger partial charge in [-0.1, -0.05) is 5.21 Å². The molecule has 1 saturated heterocycles. The fraction of sp³-hybridized carbons (Fsp3) is 0.500. The second-order valence-electron chi connectivity index (χ2n) is 5.03. The summed E-state index contributed by atoms with van der Waals surface area (Å²) in [7, 11) is 1.82. The van der Waals surface area contributed by atoms with Crippen molar-refractivity contribution in [2.75, 3.05) is 19.8 Å². The van der Waals surface area contributed by atoms with Crippen LogP contribution in [0.3, 0.4) is 0 Å². The molecule has 0 saturated carbocycles. The molecule has 21 heavy (non-hydrogen) atoms. The lowest BCUT2D eigenvalue weighted by molar-refractivity contribution is 0.0402. The molecule has 7 nitrogen and oxygen atoms in total. The number of aromatic nitrogens is 3. The zero-order valence-electron chi connectivity index (χ0n) is 12.1. The first-order valence-electron chi connectivity index (χ1n) is 6.98. The summed E-state index contributed by atoms with van der Waals surface area (Å²) < 4.78 is 12.6. The first-order chi connectivity index (χ1) is 10.2. The number of benzene rings is 1. The normalized spacial score (nSPS) is 21.8. The Labute approximate surface area is 122 Å². The predicted octanol–water partition coefficient (Wildman–Crippen LogP) is 0.502. The van der Waals surface area contributed by atoms with E-state index in [4.69, 9.17) is 9.47 Å². The van der Waals surface area contributed by atoms with Crippen LogP contribution in [0, 0.1) is 0 Å². The van der Waals surface area contributed by atoms with Crippen molar-refractivity contribution in [1.29, 1.82) is 0 Å². The molecule has 2 aromatic rings. The zero-order valence-corrected chi connectivity index (χ0v) is 12.1. The van der Waals surface area contributed by atoms with Gasteiger partial charge in [0.1, 0.15) is 11.6 Å². The number of fused-ring (bicyclic) bond motifs is 1. The summed E-state index contributed by atoms with van der Waals surface area (Å²) in [5, 5.41) is 10.9. The number of amides is 1. The molecule has 1 fully saturated rings. The molecule has 0 spiro atoms. The lowest BCUT2D eigenvalue weighted by Crippen LogP contribution is -2.43. The molecule has 1 aliphatic rings. The van der Waals surface area contributed by atoms with Gasteiger partial charge in [0.05, 0.1) is 24.8 Å². The lowest BCUT2D eigenvalue weighted by atomic mass is 10.1. The molecule has 1 aromatic heterocycles. The van der Waals surface area contributed by atoms with E-state index in [0.717, 1.165) is 5.52 Å². The molecule has 0 aliphatic carbocycles. The summed E-state index contributed by atoms with van der Waals surface area (Å²) >= 11 is 0. The van der Waals surface area contributed by atoms with Gasteiger partial charge in [-0.05, 0) is 25.1 Å². The van der Waals surface area contributed by atoms with E-state index >= 15 is 0 Å². The van der Waals surface area contributed by atoms with Crippen LogP contribution in [0.15, 0.2) is 18.2 Å². The second kappa shape index (κ2) is 5.79. The summed E-state index contributed by atoms with van der Waals surface area (Å²) in [4.78, 5) is 12.3. The van der Waals surface area contributed by atoms with E-state index < -0.39 is 0 Å². The molecule has 1 N–H and O–H groups in total. The maximum atomic E-state index is 12.3. The standard InChI is InChI=1S/C14H18N4O3/c1-3-21-13-8-20-7-11(13)15-14(19)9-4-5-12-10(6-9)16-17-18(12)2/h4-6,11,13H,3,7-8H2,1-2H3,(H,15,19)/t11-,13-/m0/s1. The van der Waals surface area contributed by atoms with Crippen molar-refractivity contribution in [3.63, 3.8) is 0 Å². The SMILES string of the molecule is CCO[C@H]1COC[C@@H]1NC(=O)c1ccc2c(c1)nnn2C. The van der Waals surface area contributed by atoms with Crippen molar-refractivity contribution in [2.45, 2.75) is 19.1 Å². The van der Waals surface area contributed by atoms with Gasteiger partial charge in [0.2, 0.25) is 0 Å². The average Bonchev–Trinajstić information content (AvgIpc) is 3.07. The van der Waals surface area contributed by atoms with Crippen LogP contribution in [0.2, 0.25) is 0 Å². The highest BCUT2D eigenvalue weighted by Crippen LogP contribution is 2.14. The third kappa shape index (κ3) is 2.74. The van der Waals surface area contributed by atoms with Gasteiger partial charge >= 0.3 is 0 Å². The fourth-order valence-electron chi connectivity index (χ4n) is 2.48. The van der Waals surface area contributed by atoms with Crippen LogP contribution in [0.25, 0.3) is 11.0 Å². The molecule has 1 aliphatic heterocycles. The van der Waals surface area contributed by atoms with Crippen LogP contribution < -0.4 is 5.32 Å². The predicted molar refractivity (Wildman–Crippen MR) is 76.0 cm³/mol. The number of hydrogen-bond donors (Lipinski definition) is 1. The van der Waals surface area contributed by atoms with Crippen LogP contribution in [0.4, 0.5) is 0 Å². The Balaban J connectivity index is 1.74. The number of rotatable bonds is 4. The monoisotopic (exact) mass is 290 g/mol. The van der Waals surface area contributed by atoms with Crippen molar-refractivity contribution in [1.82, 2.24) is 20.3 Å². The maximum Gasteiger partial charge on any atom is 0.251 e. The molecule has 0 radical (unpaired) electrons. The molecule has 0 bridgehead atoms. The molecule has 2 atom stereocenters. The van der Waals surface area contributed by atoms with Gasteiger partial charge in [-0.15, -0.1) is 5.10 Å². The van der Waals surface area contributed by atoms with E-state index in [0.29, 0.717) is 30.9 Å². The van der Waals surface area contributed by atoms with Gasteiger partial charge < -0.3 is 14.8 Å². The first-order valence-corrected chi connectivity index (χ1v) is 6.98. The zero-order chi connectivity index (χ0) is 14.8. The van der Waals surface area contributed by atoms with Crippen LogP contribution in [0.1, 0.15) is 17.3 Å². The number of carbonyl (C=O) groups is 1. The maximum absolute atomic E-state index is 12.3. The molecule has 3 rings (SSSR count). The molecule has 1 aromatic carbocycles. The summed E-state index contributed by atoms with van der Waals surface area (Å²) in [6, 6.07) is 5.24. The Bertz CT molecular complexity index is 655. The minimum Gasteiger partial charge on any atom is -0.376 e. The summed E-state index contributed by atoms with van der Waals surface area (Å²) in [6.07, 6.45) is -0.0841. The highest BCUT2D eigenvalue weighted by atomic mass is 16.5. The lowest BCUT2D eigenvalue weighted by Gasteiger charge is -2.18. The largest absolute Gasteiger partial charge is 0.376 e. The molecule has 112 valence electrons. The molecular formula is C14H18N4O3. The smallest absolute Gasteiger partial charge is 0.251 e. The van der Waals surface area contributed by atoms with Crippen molar-refractivity contribution in [2.24, 2.45) is 7.05 Å². The number of ether oxygens (including phenoxy) is 2. The topological polar surface area (TPSA) is 78.3 Å². The van der Waals surface area contributed by atoms with Gasteiger partial charge in [-0.3, -0.25) is 4.79 Å². The Hall–Kier alpha value is -1.99. The first kappa shape index (κ1) is 14.0. The fourth-order valence-corrected chi connectivity index (χ4v) is 2.48. The summed E-state index contributed by atoms with van der Waals surface area (Å²) in [5.41, 5.74) is 2.15. The molecule has 1 amide bonds. The Morgan fingerprint density at radius 1 is 1.52 bits per heavy atom. The summed E-state index contributed by atoms with van der Waals surface area (Å²) in [5.74, 6) is -0.150. The highest BCUT2D eigenvalue weighted by Gasteiger charge is 2.30. The Kier molecular flexibility index (Phi) is 3.85. The number of nitrogens with zero attached hydrogens (tertiary/aromatic N) is 3. The minimum atomic E-state index is -0.150. The quantitative estimate of drug-likeness (QED) is 0.887. The van der Waals surface area contributed by atoms with Gasteiger partial charge in [-0.25, -0.2) is 4.68 Å². The van der Waals surface area contributed by atoms with E-state index in [1.54, 1.807) is 16.8 Å². The van der Waals surface area contributed by atoms with Gasteiger partial charge in [0.15, 0.2) is 0 Å². The van der Waals surface area contributed by atoms with E-state index in [1.165, 1.54) is 0 Å². The van der Waals surface area contributed by atoms with Gasteiger partial charge in [-0.2, -0.15) is 0 Å². The van der Waals surface area contributed by atoms with Crippen LogP contribution in [-0.4, -0.2) is 52.9 Å². The van der Waals surface area contributed by atoms with Crippen LogP contribution in [0.5, 0.6) is 0 Å². The molecular weight excluding hydrogens is 272 g/mol. The third-order valence-electron chi connectivity index (χ3n) is 3.60. The highest BCUT2D eigenvalue weighted by molar-refractivity contribution is 5.97. The average molecular weight is 290 g/mol. The number of aryl methyl sites for hydroxylation is 1. The van der Waals surface area contributed by atoms with E-state index in [9.17, 15) is 4.79 Å². The number of nitrogens with one attached hydrogen (secondary N) is 1. The van der Waals surface area contributed by atoms with E-state index in [1.807, 2.05) is 20.0 Å². The molecule has 2 heterocycles. The minimum absolute atomic E-state index is 0.0841. The van der Waals surface area contributed by atoms with Crippen molar-refractivity contribution < 1.29 is 14.3 Å². The van der Waals surface area contributed by atoms with Crippen molar-refractivity contribution >= 4 is 16.9 Å². The van der Waals surface area contributed by atoms with Gasteiger partial charge in [0.25, 0.3) is 5.91 Å². The van der Waals surface area contributed by atoms with Crippen molar-refractivity contribution in [3.05, 3.63) is 23.8 Å².